The number of halogens is 1. The molecule has 8 heteroatoms. The van der Waals surface area contributed by atoms with Crippen LogP contribution in [0.4, 0.5) is 9.52 Å². The summed E-state index contributed by atoms with van der Waals surface area (Å²) in [4.78, 5) is 14.3. The Kier molecular flexibility index (Phi) is 6.06. The SMILES string of the molecule is CCCc1nnc(NC(=O)CN2CCO[C@H](c3ccc(F)cc3)C2)s1. The van der Waals surface area contributed by atoms with Gasteiger partial charge in [0.05, 0.1) is 19.3 Å². The maximum absolute atomic E-state index is 13.0. The summed E-state index contributed by atoms with van der Waals surface area (Å²) >= 11 is 1.41. The van der Waals surface area contributed by atoms with E-state index in [-0.39, 0.29) is 24.4 Å². The third-order valence-corrected chi connectivity index (χ3v) is 4.84. The molecule has 3 rings (SSSR count). The smallest absolute Gasteiger partial charge is 0.240 e. The number of aryl methyl sites for hydroxylation is 1. The van der Waals surface area contributed by atoms with Crippen molar-refractivity contribution in [3.05, 3.63) is 40.7 Å². The first kappa shape index (κ1) is 17.9. The quantitative estimate of drug-likeness (QED) is 0.853. The molecule has 134 valence electrons. The molecule has 6 nitrogen and oxygen atoms in total. The molecule has 0 saturated carbocycles. The lowest BCUT2D eigenvalue weighted by molar-refractivity contribution is -0.119. The van der Waals surface area contributed by atoms with Crippen LogP contribution in [0.25, 0.3) is 0 Å². The van der Waals surface area contributed by atoms with Gasteiger partial charge < -0.3 is 4.74 Å². The summed E-state index contributed by atoms with van der Waals surface area (Å²) in [5, 5.41) is 12.3. The Bertz CT molecular complexity index is 707. The van der Waals surface area contributed by atoms with E-state index in [1.807, 2.05) is 4.90 Å². The Balaban J connectivity index is 1.52. The highest BCUT2D eigenvalue weighted by Gasteiger charge is 2.23. The van der Waals surface area contributed by atoms with Crippen LogP contribution in [-0.4, -0.2) is 47.2 Å². The van der Waals surface area contributed by atoms with Gasteiger partial charge >= 0.3 is 0 Å². The van der Waals surface area contributed by atoms with Crippen LogP contribution in [0.5, 0.6) is 0 Å². The van der Waals surface area contributed by atoms with E-state index in [0.29, 0.717) is 24.8 Å². The van der Waals surface area contributed by atoms with Gasteiger partial charge in [-0.2, -0.15) is 0 Å². The summed E-state index contributed by atoms with van der Waals surface area (Å²) in [7, 11) is 0. The van der Waals surface area contributed by atoms with Crippen molar-refractivity contribution in [2.75, 3.05) is 31.6 Å². The molecule has 1 fully saturated rings. The molecular weight excluding hydrogens is 343 g/mol. The Morgan fingerprint density at radius 1 is 1.40 bits per heavy atom. The van der Waals surface area contributed by atoms with Crippen molar-refractivity contribution in [1.29, 1.82) is 0 Å². The number of anilines is 1. The average Bonchev–Trinajstić information content (AvgIpc) is 3.03. The van der Waals surface area contributed by atoms with Crippen molar-refractivity contribution in [1.82, 2.24) is 15.1 Å². The zero-order chi connectivity index (χ0) is 17.6. The number of amides is 1. The molecule has 0 spiro atoms. The lowest BCUT2D eigenvalue weighted by Gasteiger charge is -2.32. The summed E-state index contributed by atoms with van der Waals surface area (Å²) in [5.74, 6) is -0.380. The maximum atomic E-state index is 13.0. The normalized spacial score (nSPS) is 18.2. The number of aromatic nitrogens is 2. The number of nitrogens with zero attached hydrogens (tertiary/aromatic N) is 3. The van der Waals surface area contributed by atoms with Crippen molar-refractivity contribution >= 4 is 22.4 Å². The molecule has 0 unspecified atom stereocenters. The van der Waals surface area contributed by atoms with E-state index in [9.17, 15) is 9.18 Å². The Hall–Kier alpha value is -1.90. The van der Waals surface area contributed by atoms with Gasteiger partial charge in [-0.3, -0.25) is 15.0 Å². The molecule has 1 aromatic carbocycles. The Morgan fingerprint density at radius 3 is 2.96 bits per heavy atom. The fourth-order valence-electron chi connectivity index (χ4n) is 2.71. The fraction of sp³-hybridized carbons (Fsp3) is 0.471. The Morgan fingerprint density at radius 2 is 2.20 bits per heavy atom. The number of ether oxygens (including phenoxy) is 1. The van der Waals surface area contributed by atoms with Crippen molar-refractivity contribution in [3.8, 4) is 0 Å². The average molecular weight is 364 g/mol. The number of nitrogens with one attached hydrogen (secondary N) is 1. The van der Waals surface area contributed by atoms with E-state index >= 15 is 0 Å². The molecule has 1 amide bonds. The molecule has 0 radical (unpaired) electrons. The van der Waals surface area contributed by atoms with E-state index in [4.69, 9.17) is 4.74 Å². The van der Waals surface area contributed by atoms with E-state index in [0.717, 1.165) is 23.4 Å². The standard InChI is InChI=1S/C17H21FN4O2S/c1-2-3-16-20-21-17(25-16)19-15(23)11-22-8-9-24-14(10-22)12-4-6-13(18)7-5-12/h4-7,14H,2-3,8-11H2,1H3,(H,19,21,23)/t14-/m0/s1. The van der Waals surface area contributed by atoms with Gasteiger partial charge in [-0.05, 0) is 24.1 Å². The second-order valence-electron chi connectivity index (χ2n) is 5.95. The van der Waals surface area contributed by atoms with E-state index in [1.54, 1.807) is 12.1 Å². The van der Waals surface area contributed by atoms with Gasteiger partial charge in [0.25, 0.3) is 0 Å². The van der Waals surface area contributed by atoms with Crippen molar-refractivity contribution < 1.29 is 13.9 Å². The molecule has 1 aromatic heterocycles. The molecule has 1 saturated heterocycles. The van der Waals surface area contributed by atoms with E-state index in [1.165, 1.54) is 23.5 Å². The van der Waals surface area contributed by atoms with Gasteiger partial charge in [0.2, 0.25) is 11.0 Å². The summed E-state index contributed by atoms with van der Waals surface area (Å²) in [6.07, 6.45) is 1.72. The lowest BCUT2D eigenvalue weighted by Crippen LogP contribution is -2.42. The molecular formula is C17H21FN4O2S. The first-order chi connectivity index (χ1) is 12.1. The fourth-order valence-corrected chi connectivity index (χ4v) is 3.56. The predicted molar refractivity (Wildman–Crippen MR) is 94.1 cm³/mol. The molecule has 1 atom stereocenters. The van der Waals surface area contributed by atoms with Crippen LogP contribution in [-0.2, 0) is 16.0 Å². The Labute approximate surface area is 150 Å². The number of hydrogen-bond acceptors (Lipinski definition) is 6. The second kappa shape index (κ2) is 8.46. The highest BCUT2D eigenvalue weighted by Crippen LogP contribution is 2.22. The molecule has 1 aliphatic heterocycles. The van der Waals surface area contributed by atoms with E-state index in [2.05, 4.69) is 22.4 Å². The second-order valence-corrected chi connectivity index (χ2v) is 7.01. The summed E-state index contributed by atoms with van der Waals surface area (Å²) in [5.41, 5.74) is 0.917. The number of benzene rings is 1. The maximum Gasteiger partial charge on any atom is 0.240 e. The predicted octanol–water partition coefficient (Wildman–Crippen LogP) is 2.64. The van der Waals surface area contributed by atoms with Crippen LogP contribution >= 0.6 is 11.3 Å². The molecule has 0 aliphatic carbocycles. The summed E-state index contributed by atoms with van der Waals surface area (Å²) in [6.45, 7) is 4.16. The van der Waals surface area contributed by atoms with Crippen LogP contribution in [0.3, 0.4) is 0 Å². The highest BCUT2D eigenvalue weighted by molar-refractivity contribution is 7.15. The first-order valence-corrected chi connectivity index (χ1v) is 9.17. The third kappa shape index (κ3) is 5.04. The third-order valence-electron chi connectivity index (χ3n) is 3.94. The van der Waals surface area contributed by atoms with Crippen LogP contribution in [0, 0.1) is 5.82 Å². The summed E-state index contributed by atoms with van der Waals surface area (Å²) in [6, 6.07) is 6.29. The number of hydrogen-bond donors (Lipinski definition) is 1. The van der Waals surface area contributed by atoms with Crippen LogP contribution in [0.15, 0.2) is 24.3 Å². The van der Waals surface area contributed by atoms with Crippen LogP contribution < -0.4 is 5.32 Å². The van der Waals surface area contributed by atoms with Crippen LogP contribution in [0.1, 0.15) is 30.0 Å². The zero-order valence-corrected chi connectivity index (χ0v) is 14.9. The number of carbonyl (C=O) groups excluding carboxylic acids is 1. The number of rotatable bonds is 6. The molecule has 2 aromatic rings. The largest absolute Gasteiger partial charge is 0.371 e. The van der Waals surface area contributed by atoms with Crippen molar-refractivity contribution in [2.45, 2.75) is 25.9 Å². The summed E-state index contributed by atoms with van der Waals surface area (Å²) < 4.78 is 18.8. The molecule has 2 heterocycles. The topological polar surface area (TPSA) is 67.4 Å². The van der Waals surface area contributed by atoms with Crippen LogP contribution in [0.2, 0.25) is 0 Å². The minimum atomic E-state index is -0.268. The molecule has 25 heavy (non-hydrogen) atoms. The molecule has 1 N–H and O–H groups in total. The van der Waals surface area contributed by atoms with Gasteiger partial charge in [-0.1, -0.05) is 30.4 Å². The van der Waals surface area contributed by atoms with Crippen molar-refractivity contribution in [3.63, 3.8) is 0 Å². The number of carbonyl (C=O) groups is 1. The zero-order valence-electron chi connectivity index (χ0n) is 14.1. The van der Waals surface area contributed by atoms with Gasteiger partial charge in [0.15, 0.2) is 0 Å². The monoisotopic (exact) mass is 364 g/mol. The van der Waals surface area contributed by atoms with Gasteiger partial charge in [-0.25, -0.2) is 4.39 Å². The van der Waals surface area contributed by atoms with Gasteiger partial charge in [0.1, 0.15) is 10.8 Å². The van der Waals surface area contributed by atoms with E-state index < -0.39 is 0 Å². The minimum absolute atomic E-state index is 0.112. The molecule has 0 bridgehead atoms. The highest BCUT2D eigenvalue weighted by atomic mass is 32.1. The molecule has 1 aliphatic rings. The van der Waals surface area contributed by atoms with Gasteiger partial charge in [0, 0.05) is 19.5 Å². The first-order valence-electron chi connectivity index (χ1n) is 8.35. The van der Waals surface area contributed by atoms with Crippen molar-refractivity contribution in [2.24, 2.45) is 0 Å². The van der Waals surface area contributed by atoms with Gasteiger partial charge in [-0.15, -0.1) is 10.2 Å². The lowest BCUT2D eigenvalue weighted by atomic mass is 10.1. The minimum Gasteiger partial charge on any atom is -0.371 e. The number of morpholine rings is 1.